The maximum absolute atomic E-state index is 12.3. The Labute approximate surface area is 89.9 Å². The van der Waals surface area contributed by atoms with Crippen LogP contribution in [-0.4, -0.2) is 18.4 Å². The van der Waals surface area contributed by atoms with Crippen LogP contribution in [0, 0.1) is 12.8 Å². The third-order valence-corrected chi connectivity index (χ3v) is 2.43. The molecule has 80 valence electrons. The molecule has 1 N–H and O–H groups in total. The Hall–Kier alpha value is -0.610. The molecule has 0 saturated carbocycles. The first kappa shape index (κ1) is 11.5. The van der Waals surface area contributed by atoms with Gasteiger partial charge >= 0.3 is 1.43 Å². The summed E-state index contributed by atoms with van der Waals surface area (Å²) in [5.41, 5.74) is 0.875. The molecule has 1 aliphatic rings. The third-order valence-electron chi connectivity index (χ3n) is 2.43. The molecule has 0 unspecified atom stereocenters. The fourth-order valence-corrected chi connectivity index (χ4v) is 1.69. The minimum absolute atomic E-state index is 0. The van der Waals surface area contributed by atoms with Crippen LogP contribution < -0.4 is 17.7 Å². The Morgan fingerprint density at radius 3 is 3.07 bits per heavy atom. The molecule has 1 aromatic rings. The van der Waals surface area contributed by atoms with E-state index in [4.69, 9.17) is 4.52 Å². The van der Waals surface area contributed by atoms with Crippen molar-refractivity contribution in [2.75, 3.05) is 13.2 Å². The molecule has 0 aliphatic carbocycles. The highest BCUT2D eigenvalue weighted by molar-refractivity contribution is 5.09. The number of aromatic nitrogens is 1. The van der Waals surface area contributed by atoms with Gasteiger partial charge in [-0.25, -0.2) is 0 Å². The summed E-state index contributed by atoms with van der Waals surface area (Å²) in [6, 6.07) is 2.06. The van der Waals surface area contributed by atoms with Crippen molar-refractivity contribution in [2.45, 2.75) is 19.4 Å². The Kier molecular flexibility index (Phi) is 3.89. The lowest BCUT2D eigenvalue weighted by Gasteiger charge is -2.03. The van der Waals surface area contributed by atoms with E-state index in [1.807, 2.05) is 13.0 Å². The van der Waals surface area contributed by atoms with Crippen molar-refractivity contribution in [3.05, 3.63) is 17.5 Å². The van der Waals surface area contributed by atoms with Gasteiger partial charge in [-0.3, -0.25) is 4.39 Å². The monoisotopic (exact) mass is 220 g/mol. The third kappa shape index (κ3) is 2.25. The number of nitrogens with one attached hydrogen (secondary N) is 1. The zero-order valence-electron chi connectivity index (χ0n) is 8.96. The fraction of sp³-hybridized carbons (Fsp3) is 0.667. The van der Waals surface area contributed by atoms with Gasteiger partial charge in [0.05, 0.1) is 18.4 Å². The first-order valence-corrected chi connectivity index (χ1v) is 4.52. The molecule has 2 heterocycles. The smallest absolute Gasteiger partial charge is 1.00 e. The number of nitrogens with zero attached hydrogens (tertiary/aromatic N) is 1. The van der Waals surface area contributed by atoms with E-state index in [0.717, 1.165) is 24.4 Å². The predicted molar refractivity (Wildman–Crippen MR) is 47.2 cm³/mol. The fourth-order valence-electron chi connectivity index (χ4n) is 1.69. The van der Waals surface area contributed by atoms with Crippen LogP contribution in [0.4, 0.5) is 4.39 Å². The summed E-state index contributed by atoms with van der Waals surface area (Å²) in [6.07, 6.45) is 0.811. The average molecular weight is 221 g/mol. The summed E-state index contributed by atoms with van der Waals surface area (Å²) in [7, 11) is 0. The first-order chi connectivity index (χ1) is 6.29. The SMILES string of the molecule is Cc1cc([C@@H]2C[C@H](CF)CN2)on1.[Cl-].[H+]. The van der Waals surface area contributed by atoms with Crippen LogP contribution in [0.15, 0.2) is 10.6 Å². The topological polar surface area (TPSA) is 38.1 Å². The standard InChI is InChI=1S/C9H13FN2O.ClH/c1-6-2-9(13-12-6)8-3-7(4-10)5-11-8;/h2,7-8,11H,3-5H2,1H3;1H/t7-,8+;/m1./s1. The summed E-state index contributed by atoms with van der Waals surface area (Å²) >= 11 is 0. The summed E-state index contributed by atoms with van der Waals surface area (Å²) in [5.74, 6) is 0.962. The zero-order chi connectivity index (χ0) is 9.26. The average Bonchev–Trinajstić information content (AvgIpc) is 2.71. The van der Waals surface area contributed by atoms with Crippen molar-refractivity contribution in [1.29, 1.82) is 0 Å². The second-order valence-electron chi connectivity index (χ2n) is 3.59. The van der Waals surface area contributed by atoms with Crippen molar-refractivity contribution >= 4 is 0 Å². The second kappa shape index (κ2) is 4.75. The Morgan fingerprint density at radius 1 is 1.79 bits per heavy atom. The van der Waals surface area contributed by atoms with E-state index in [2.05, 4.69) is 10.5 Å². The second-order valence-corrected chi connectivity index (χ2v) is 3.59. The van der Waals surface area contributed by atoms with Crippen LogP contribution in [0.1, 0.15) is 25.3 Å². The van der Waals surface area contributed by atoms with Crippen molar-refractivity contribution in [1.82, 2.24) is 10.5 Å². The zero-order valence-corrected chi connectivity index (χ0v) is 8.72. The van der Waals surface area contributed by atoms with Gasteiger partial charge < -0.3 is 22.2 Å². The largest absolute Gasteiger partial charge is 1.00 e. The quantitative estimate of drug-likeness (QED) is 0.675. The summed E-state index contributed by atoms with van der Waals surface area (Å²) < 4.78 is 17.4. The van der Waals surface area contributed by atoms with Crippen LogP contribution in [0.3, 0.4) is 0 Å². The van der Waals surface area contributed by atoms with Crippen molar-refractivity contribution in [3.63, 3.8) is 0 Å². The van der Waals surface area contributed by atoms with E-state index in [1.165, 1.54) is 0 Å². The molecule has 0 aromatic carbocycles. The lowest BCUT2D eigenvalue weighted by Crippen LogP contribution is -3.00. The lowest BCUT2D eigenvalue weighted by molar-refractivity contribution is -0.00000373. The van der Waals surface area contributed by atoms with Crippen LogP contribution in [0.25, 0.3) is 0 Å². The van der Waals surface area contributed by atoms with Crippen molar-refractivity contribution < 1.29 is 22.7 Å². The summed E-state index contributed by atoms with van der Waals surface area (Å²) in [4.78, 5) is 0. The predicted octanol–water partition coefficient (Wildman–Crippen LogP) is -1.28. The molecule has 1 saturated heterocycles. The van der Waals surface area contributed by atoms with Crippen molar-refractivity contribution in [2.24, 2.45) is 5.92 Å². The first-order valence-electron chi connectivity index (χ1n) is 4.52. The normalized spacial score (nSPS) is 26.1. The molecule has 0 amide bonds. The van der Waals surface area contributed by atoms with Crippen molar-refractivity contribution in [3.8, 4) is 0 Å². The highest BCUT2D eigenvalue weighted by atomic mass is 35.5. The number of hydrogen-bond acceptors (Lipinski definition) is 3. The molecule has 0 spiro atoms. The molecular formula is C9H14ClFN2O. The van der Waals surface area contributed by atoms with Gasteiger partial charge in [-0.15, -0.1) is 0 Å². The van der Waals surface area contributed by atoms with E-state index >= 15 is 0 Å². The number of halogens is 2. The molecule has 1 aliphatic heterocycles. The van der Waals surface area contributed by atoms with Gasteiger partial charge in [0.1, 0.15) is 0 Å². The van der Waals surface area contributed by atoms with Crippen LogP contribution in [0.2, 0.25) is 0 Å². The Bertz CT molecular complexity index is 297. The molecule has 5 heteroatoms. The highest BCUT2D eigenvalue weighted by Crippen LogP contribution is 2.27. The molecule has 1 fully saturated rings. The highest BCUT2D eigenvalue weighted by Gasteiger charge is 2.27. The Balaban J connectivity index is 0.000000980. The maximum atomic E-state index is 12.3. The number of aryl methyl sites for hydroxylation is 1. The Morgan fingerprint density at radius 2 is 2.57 bits per heavy atom. The molecule has 3 nitrogen and oxygen atoms in total. The van der Waals surface area contributed by atoms with Gasteiger partial charge in [0, 0.05) is 18.5 Å². The summed E-state index contributed by atoms with van der Waals surface area (Å²) in [5, 5.41) is 7.02. The van der Waals surface area contributed by atoms with Gasteiger partial charge in [-0.2, -0.15) is 0 Å². The van der Waals surface area contributed by atoms with Gasteiger partial charge in [0.2, 0.25) is 0 Å². The molecule has 1 aromatic heterocycles. The van der Waals surface area contributed by atoms with Gasteiger partial charge in [0.15, 0.2) is 5.76 Å². The van der Waals surface area contributed by atoms with Gasteiger partial charge in [-0.05, 0) is 13.3 Å². The lowest BCUT2D eigenvalue weighted by atomic mass is 10.1. The number of rotatable bonds is 2. The van der Waals surface area contributed by atoms with Gasteiger partial charge in [-0.1, -0.05) is 5.16 Å². The maximum Gasteiger partial charge on any atom is 1.00 e. The molecule has 0 radical (unpaired) electrons. The molecular weight excluding hydrogens is 207 g/mol. The van der Waals surface area contributed by atoms with Gasteiger partial charge in [0.25, 0.3) is 0 Å². The van der Waals surface area contributed by atoms with E-state index < -0.39 is 0 Å². The van der Waals surface area contributed by atoms with E-state index in [0.29, 0.717) is 0 Å². The van der Waals surface area contributed by atoms with E-state index in [-0.39, 0.29) is 32.5 Å². The van der Waals surface area contributed by atoms with Crippen LogP contribution >= 0.6 is 0 Å². The molecule has 2 rings (SSSR count). The van der Waals surface area contributed by atoms with Crippen LogP contribution in [-0.2, 0) is 0 Å². The number of alkyl halides is 1. The minimum Gasteiger partial charge on any atom is -1.00 e. The van der Waals surface area contributed by atoms with Crippen LogP contribution in [0.5, 0.6) is 0 Å². The molecule has 14 heavy (non-hydrogen) atoms. The number of hydrogen-bond donors (Lipinski definition) is 1. The van der Waals surface area contributed by atoms with E-state index in [1.54, 1.807) is 0 Å². The summed E-state index contributed by atoms with van der Waals surface area (Å²) in [6.45, 7) is 2.37. The molecule has 2 atom stereocenters. The molecule has 0 bridgehead atoms. The minimum atomic E-state index is -0.253. The van der Waals surface area contributed by atoms with E-state index in [9.17, 15) is 4.39 Å².